The fourth-order valence-corrected chi connectivity index (χ4v) is 3.28. The number of rotatable bonds is 9. The lowest BCUT2D eigenvalue weighted by Gasteiger charge is -2.17. The SMILES string of the molecule is CN(C)CCNC(=O)c1cccnc1SCCC(F)(F)c1ccc(F)cc1. The van der Waals surface area contributed by atoms with Gasteiger partial charge in [-0.25, -0.2) is 18.2 Å². The van der Waals surface area contributed by atoms with E-state index in [-0.39, 0.29) is 17.2 Å². The van der Waals surface area contributed by atoms with Crippen LogP contribution in [0.3, 0.4) is 0 Å². The molecular formula is C19H22F3N3OS. The first-order valence-corrected chi connectivity index (χ1v) is 9.43. The van der Waals surface area contributed by atoms with Crippen molar-refractivity contribution in [1.82, 2.24) is 15.2 Å². The largest absolute Gasteiger partial charge is 0.351 e. The number of amides is 1. The number of hydrogen-bond acceptors (Lipinski definition) is 4. The van der Waals surface area contributed by atoms with Crippen molar-refractivity contribution in [3.8, 4) is 0 Å². The molecule has 0 aliphatic carbocycles. The minimum Gasteiger partial charge on any atom is -0.351 e. The lowest BCUT2D eigenvalue weighted by atomic mass is 10.1. The van der Waals surface area contributed by atoms with Gasteiger partial charge in [-0.3, -0.25) is 4.79 Å². The van der Waals surface area contributed by atoms with Crippen molar-refractivity contribution in [1.29, 1.82) is 0 Å². The van der Waals surface area contributed by atoms with Crippen molar-refractivity contribution in [3.05, 3.63) is 59.5 Å². The number of hydrogen-bond donors (Lipinski definition) is 1. The maximum atomic E-state index is 14.3. The molecule has 1 N–H and O–H groups in total. The minimum absolute atomic E-state index is 0.0688. The van der Waals surface area contributed by atoms with Crippen LogP contribution in [0.15, 0.2) is 47.6 Å². The number of carbonyl (C=O) groups excluding carboxylic acids is 1. The quantitative estimate of drug-likeness (QED) is 0.654. The number of benzene rings is 1. The van der Waals surface area contributed by atoms with E-state index < -0.39 is 18.2 Å². The van der Waals surface area contributed by atoms with Gasteiger partial charge in [-0.15, -0.1) is 11.8 Å². The molecule has 0 spiro atoms. The molecule has 0 bridgehead atoms. The monoisotopic (exact) mass is 397 g/mol. The molecule has 4 nitrogen and oxygen atoms in total. The van der Waals surface area contributed by atoms with Crippen LogP contribution in [0, 0.1) is 5.82 Å². The van der Waals surface area contributed by atoms with Gasteiger partial charge in [0.05, 0.1) is 5.56 Å². The van der Waals surface area contributed by atoms with Gasteiger partial charge in [0.15, 0.2) is 0 Å². The molecule has 1 amide bonds. The van der Waals surface area contributed by atoms with E-state index in [1.807, 2.05) is 19.0 Å². The number of nitrogens with one attached hydrogen (secondary N) is 1. The normalized spacial score (nSPS) is 11.6. The summed E-state index contributed by atoms with van der Waals surface area (Å²) < 4.78 is 41.4. The summed E-state index contributed by atoms with van der Waals surface area (Å²) in [5.74, 6) is -3.84. The number of nitrogens with zero attached hydrogens (tertiary/aromatic N) is 2. The number of halogens is 3. The highest BCUT2D eigenvalue weighted by atomic mass is 32.2. The Balaban J connectivity index is 1.95. The summed E-state index contributed by atoms with van der Waals surface area (Å²) in [7, 11) is 3.80. The standard InChI is InChI=1S/C19H22F3N3OS/c1-25(2)12-11-23-17(26)16-4-3-10-24-18(16)27-13-9-19(21,22)14-5-7-15(20)8-6-14/h3-8,10H,9,11-13H2,1-2H3,(H,23,26). The van der Waals surface area contributed by atoms with Gasteiger partial charge < -0.3 is 10.2 Å². The molecule has 0 saturated heterocycles. The van der Waals surface area contributed by atoms with Gasteiger partial charge >= 0.3 is 0 Å². The zero-order valence-electron chi connectivity index (χ0n) is 15.2. The van der Waals surface area contributed by atoms with Crippen molar-refractivity contribution in [2.45, 2.75) is 17.4 Å². The van der Waals surface area contributed by atoms with Crippen LogP contribution >= 0.6 is 11.8 Å². The van der Waals surface area contributed by atoms with Gasteiger partial charge in [0.25, 0.3) is 11.8 Å². The van der Waals surface area contributed by atoms with E-state index in [4.69, 9.17) is 0 Å². The Bertz CT molecular complexity index is 754. The Kier molecular flexibility index (Phi) is 7.67. The summed E-state index contributed by atoms with van der Waals surface area (Å²) >= 11 is 1.10. The van der Waals surface area contributed by atoms with E-state index >= 15 is 0 Å². The van der Waals surface area contributed by atoms with Crippen LogP contribution < -0.4 is 5.32 Å². The average molecular weight is 397 g/mol. The number of alkyl halides is 2. The summed E-state index contributed by atoms with van der Waals surface area (Å²) in [6.07, 6.45) is 1.08. The van der Waals surface area contributed by atoms with Crippen molar-refractivity contribution >= 4 is 17.7 Å². The topological polar surface area (TPSA) is 45.2 Å². The van der Waals surface area contributed by atoms with Crippen LogP contribution in [0.2, 0.25) is 0 Å². The Morgan fingerprint density at radius 1 is 1.22 bits per heavy atom. The van der Waals surface area contributed by atoms with Gasteiger partial charge in [-0.2, -0.15) is 0 Å². The van der Waals surface area contributed by atoms with Crippen molar-refractivity contribution in [3.63, 3.8) is 0 Å². The van der Waals surface area contributed by atoms with E-state index in [0.717, 1.165) is 36.0 Å². The predicted molar refractivity (Wildman–Crippen MR) is 101 cm³/mol. The predicted octanol–water partition coefficient (Wildman–Crippen LogP) is 3.79. The van der Waals surface area contributed by atoms with Gasteiger partial charge in [0.1, 0.15) is 10.8 Å². The first-order valence-electron chi connectivity index (χ1n) is 8.44. The fraction of sp³-hybridized carbons (Fsp3) is 0.368. The van der Waals surface area contributed by atoms with Crippen molar-refractivity contribution in [2.75, 3.05) is 32.9 Å². The molecule has 0 atom stereocenters. The summed E-state index contributed by atoms with van der Waals surface area (Å²) in [5, 5.41) is 3.20. The third-order valence-electron chi connectivity index (χ3n) is 3.78. The second kappa shape index (κ2) is 9.75. The highest BCUT2D eigenvalue weighted by molar-refractivity contribution is 7.99. The molecule has 2 aromatic rings. The molecule has 2 rings (SSSR count). The number of carbonyl (C=O) groups is 1. The summed E-state index contributed by atoms with van der Waals surface area (Å²) in [6.45, 7) is 1.17. The number of likely N-dealkylation sites (N-methyl/N-ethyl adjacent to an activating group) is 1. The molecular weight excluding hydrogens is 375 g/mol. The average Bonchev–Trinajstić information content (AvgIpc) is 2.62. The van der Waals surface area contributed by atoms with Crippen molar-refractivity contribution in [2.24, 2.45) is 0 Å². The summed E-state index contributed by atoms with van der Waals surface area (Å²) in [6, 6.07) is 7.47. The van der Waals surface area contributed by atoms with Gasteiger partial charge in [0.2, 0.25) is 0 Å². The van der Waals surface area contributed by atoms with E-state index in [2.05, 4.69) is 10.3 Å². The van der Waals surface area contributed by atoms with Crippen LogP contribution in [-0.4, -0.2) is 48.7 Å². The zero-order valence-corrected chi connectivity index (χ0v) is 16.0. The minimum atomic E-state index is -3.08. The van der Waals surface area contributed by atoms with Crippen LogP contribution in [-0.2, 0) is 5.92 Å². The zero-order chi connectivity index (χ0) is 19.9. The van der Waals surface area contributed by atoms with Crippen LogP contribution in [0.25, 0.3) is 0 Å². The van der Waals surface area contributed by atoms with Crippen LogP contribution in [0.4, 0.5) is 13.2 Å². The second-order valence-corrected chi connectivity index (χ2v) is 7.31. The maximum absolute atomic E-state index is 14.3. The molecule has 0 aliphatic heterocycles. The van der Waals surface area contributed by atoms with E-state index in [1.54, 1.807) is 12.1 Å². The molecule has 0 aliphatic rings. The summed E-state index contributed by atoms with van der Waals surface area (Å²) in [5.41, 5.74) is 0.138. The Morgan fingerprint density at radius 3 is 2.59 bits per heavy atom. The molecule has 1 aromatic heterocycles. The second-order valence-electron chi connectivity index (χ2n) is 6.23. The Labute approximate surface area is 161 Å². The molecule has 0 saturated carbocycles. The third kappa shape index (κ3) is 6.55. The fourth-order valence-electron chi connectivity index (χ4n) is 2.28. The molecule has 0 fully saturated rings. The Morgan fingerprint density at radius 2 is 1.93 bits per heavy atom. The molecule has 8 heteroatoms. The summed E-state index contributed by atoms with van der Waals surface area (Å²) in [4.78, 5) is 18.4. The molecule has 27 heavy (non-hydrogen) atoms. The van der Waals surface area contributed by atoms with Gasteiger partial charge in [-0.1, -0.05) is 12.1 Å². The number of aromatic nitrogens is 1. The van der Waals surface area contributed by atoms with Crippen LogP contribution in [0.5, 0.6) is 0 Å². The molecule has 0 radical (unpaired) electrons. The van der Waals surface area contributed by atoms with Gasteiger partial charge in [-0.05, 0) is 38.4 Å². The first-order chi connectivity index (χ1) is 12.8. The van der Waals surface area contributed by atoms with Crippen molar-refractivity contribution < 1.29 is 18.0 Å². The lowest BCUT2D eigenvalue weighted by Crippen LogP contribution is -2.31. The smallest absolute Gasteiger partial charge is 0.274 e. The van der Waals surface area contributed by atoms with E-state index in [1.165, 1.54) is 6.20 Å². The number of thioether (sulfide) groups is 1. The number of pyridine rings is 1. The highest BCUT2D eigenvalue weighted by Gasteiger charge is 2.31. The molecule has 1 aromatic carbocycles. The lowest BCUT2D eigenvalue weighted by molar-refractivity contribution is -0.00707. The third-order valence-corrected chi connectivity index (χ3v) is 4.79. The molecule has 146 valence electrons. The molecule has 1 heterocycles. The Hall–Kier alpha value is -2.06. The van der Waals surface area contributed by atoms with E-state index in [9.17, 15) is 18.0 Å². The van der Waals surface area contributed by atoms with Crippen LogP contribution in [0.1, 0.15) is 22.3 Å². The highest BCUT2D eigenvalue weighted by Crippen LogP contribution is 2.34. The van der Waals surface area contributed by atoms with Gasteiger partial charge in [0, 0.05) is 37.0 Å². The first kappa shape index (κ1) is 21.2. The molecule has 0 unspecified atom stereocenters. The maximum Gasteiger partial charge on any atom is 0.274 e. The van der Waals surface area contributed by atoms with E-state index in [0.29, 0.717) is 23.7 Å².